The highest BCUT2D eigenvalue weighted by atomic mass is 32.2. The number of nitrogens with one attached hydrogen (secondary N) is 1. The standard InChI is InChI=1S/C17H25NO3S/c1-14-6-2-3-8-16(14)22-13-17(19)18-9-5-10-20-12-15-7-4-11-21-15/h2-3,6,8,15H,4-5,7,9-13H2,1H3,(H,18,19). The zero-order valence-corrected chi connectivity index (χ0v) is 14.0. The van der Waals surface area contributed by atoms with Crippen molar-refractivity contribution >= 4 is 17.7 Å². The van der Waals surface area contributed by atoms with E-state index in [4.69, 9.17) is 9.47 Å². The van der Waals surface area contributed by atoms with Gasteiger partial charge >= 0.3 is 0 Å². The monoisotopic (exact) mass is 323 g/mol. The van der Waals surface area contributed by atoms with E-state index in [1.54, 1.807) is 11.8 Å². The third kappa shape index (κ3) is 6.38. The van der Waals surface area contributed by atoms with Gasteiger partial charge < -0.3 is 14.8 Å². The maximum atomic E-state index is 11.8. The van der Waals surface area contributed by atoms with E-state index in [1.807, 2.05) is 18.2 Å². The summed E-state index contributed by atoms with van der Waals surface area (Å²) in [4.78, 5) is 12.9. The molecule has 2 rings (SSSR count). The average molecular weight is 323 g/mol. The molecule has 1 heterocycles. The van der Waals surface area contributed by atoms with Crippen molar-refractivity contribution in [1.82, 2.24) is 5.32 Å². The van der Waals surface area contributed by atoms with Crippen molar-refractivity contribution in [2.75, 3.05) is 32.1 Å². The largest absolute Gasteiger partial charge is 0.379 e. The van der Waals surface area contributed by atoms with E-state index in [9.17, 15) is 4.79 Å². The van der Waals surface area contributed by atoms with Gasteiger partial charge in [-0.15, -0.1) is 11.8 Å². The molecule has 122 valence electrons. The number of hydrogen-bond acceptors (Lipinski definition) is 4. The summed E-state index contributed by atoms with van der Waals surface area (Å²) in [5.74, 6) is 0.536. The van der Waals surface area contributed by atoms with E-state index in [0.717, 1.165) is 30.8 Å². The summed E-state index contributed by atoms with van der Waals surface area (Å²) in [6, 6.07) is 8.12. The molecule has 1 aromatic rings. The molecule has 5 heteroatoms. The third-order valence-corrected chi connectivity index (χ3v) is 4.74. The average Bonchev–Trinajstić information content (AvgIpc) is 3.03. The number of thioether (sulfide) groups is 1. The Morgan fingerprint density at radius 1 is 1.45 bits per heavy atom. The second-order valence-corrected chi connectivity index (χ2v) is 6.48. The molecule has 1 N–H and O–H groups in total. The second-order valence-electron chi connectivity index (χ2n) is 5.47. The van der Waals surface area contributed by atoms with Gasteiger partial charge in [-0.3, -0.25) is 4.79 Å². The number of hydrogen-bond donors (Lipinski definition) is 1. The first-order valence-corrected chi connectivity index (χ1v) is 8.89. The van der Waals surface area contributed by atoms with Crippen LogP contribution in [0.25, 0.3) is 0 Å². The fraction of sp³-hybridized carbons (Fsp3) is 0.588. The number of amides is 1. The van der Waals surface area contributed by atoms with Crippen molar-refractivity contribution in [2.45, 2.75) is 37.2 Å². The molecule has 1 atom stereocenters. The van der Waals surface area contributed by atoms with Crippen molar-refractivity contribution in [1.29, 1.82) is 0 Å². The second kappa shape index (κ2) is 9.87. The molecule has 1 saturated heterocycles. The lowest BCUT2D eigenvalue weighted by Gasteiger charge is -2.10. The molecule has 1 aliphatic rings. The lowest BCUT2D eigenvalue weighted by atomic mass is 10.2. The van der Waals surface area contributed by atoms with E-state index < -0.39 is 0 Å². The van der Waals surface area contributed by atoms with Crippen molar-refractivity contribution in [3.8, 4) is 0 Å². The van der Waals surface area contributed by atoms with Gasteiger partial charge in [0, 0.05) is 24.7 Å². The summed E-state index contributed by atoms with van der Waals surface area (Å²) in [5.41, 5.74) is 1.21. The summed E-state index contributed by atoms with van der Waals surface area (Å²) in [7, 11) is 0. The van der Waals surface area contributed by atoms with Gasteiger partial charge in [-0.2, -0.15) is 0 Å². The minimum absolute atomic E-state index is 0.0763. The fourth-order valence-electron chi connectivity index (χ4n) is 2.31. The molecule has 22 heavy (non-hydrogen) atoms. The van der Waals surface area contributed by atoms with Crippen LogP contribution in [0.5, 0.6) is 0 Å². The summed E-state index contributed by atoms with van der Waals surface area (Å²) in [6.07, 6.45) is 3.36. The van der Waals surface area contributed by atoms with Gasteiger partial charge in [0.2, 0.25) is 5.91 Å². The topological polar surface area (TPSA) is 47.6 Å². The van der Waals surface area contributed by atoms with Crippen LogP contribution in [0.3, 0.4) is 0 Å². The van der Waals surface area contributed by atoms with Crippen LogP contribution in [-0.4, -0.2) is 44.1 Å². The first kappa shape index (κ1) is 17.3. The van der Waals surface area contributed by atoms with Crippen LogP contribution in [-0.2, 0) is 14.3 Å². The molecule has 1 aliphatic heterocycles. The number of benzene rings is 1. The molecule has 0 aliphatic carbocycles. The molecule has 0 saturated carbocycles. The van der Waals surface area contributed by atoms with Gasteiger partial charge in [0.25, 0.3) is 0 Å². The first-order valence-electron chi connectivity index (χ1n) is 7.90. The van der Waals surface area contributed by atoms with E-state index in [1.165, 1.54) is 5.56 Å². The first-order chi connectivity index (χ1) is 10.8. The molecule has 0 bridgehead atoms. The van der Waals surface area contributed by atoms with Gasteiger partial charge in [0.15, 0.2) is 0 Å². The number of carbonyl (C=O) groups is 1. The maximum absolute atomic E-state index is 11.8. The van der Waals surface area contributed by atoms with Crippen molar-refractivity contribution in [3.63, 3.8) is 0 Å². The summed E-state index contributed by atoms with van der Waals surface area (Å²) in [5, 5.41) is 2.93. The van der Waals surface area contributed by atoms with E-state index in [0.29, 0.717) is 25.5 Å². The molecular formula is C17H25NO3S. The highest BCUT2D eigenvalue weighted by molar-refractivity contribution is 8.00. The van der Waals surface area contributed by atoms with Crippen LogP contribution in [0.1, 0.15) is 24.8 Å². The van der Waals surface area contributed by atoms with E-state index >= 15 is 0 Å². The normalized spacial score (nSPS) is 17.6. The molecule has 1 unspecified atom stereocenters. The van der Waals surface area contributed by atoms with Crippen LogP contribution < -0.4 is 5.32 Å². The van der Waals surface area contributed by atoms with Crippen LogP contribution in [0.2, 0.25) is 0 Å². The van der Waals surface area contributed by atoms with Gasteiger partial charge in [-0.1, -0.05) is 18.2 Å². The van der Waals surface area contributed by atoms with Crippen molar-refractivity contribution < 1.29 is 14.3 Å². The van der Waals surface area contributed by atoms with Crippen LogP contribution in [0.4, 0.5) is 0 Å². The van der Waals surface area contributed by atoms with Gasteiger partial charge in [0.1, 0.15) is 0 Å². The van der Waals surface area contributed by atoms with E-state index in [2.05, 4.69) is 18.3 Å². The Hall–Kier alpha value is -1.04. The Kier molecular flexibility index (Phi) is 7.77. The number of ether oxygens (including phenoxy) is 2. The maximum Gasteiger partial charge on any atom is 0.230 e. The lowest BCUT2D eigenvalue weighted by Crippen LogP contribution is -2.27. The Morgan fingerprint density at radius 2 is 2.32 bits per heavy atom. The summed E-state index contributed by atoms with van der Waals surface area (Å²) < 4.78 is 11.0. The van der Waals surface area contributed by atoms with Gasteiger partial charge in [0.05, 0.1) is 18.5 Å². The molecular weight excluding hydrogens is 298 g/mol. The van der Waals surface area contributed by atoms with Crippen molar-refractivity contribution in [3.05, 3.63) is 29.8 Å². The minimum Gasteiger partial charge on any atom is -0.379 e. The molecule has 1 amide bonds. The number of rotatable bonds is 9. The zero-order chi connectivity index (χ0) is 15.6. The van der Waals surface area contributed by atoms with Crippen LogP contribution in [0.15, 0.2) is 29.2 Å². The number of aryl methyl sites for hydroxylation is 1. The van der Waals surface area contributed by atoms with Crippen molar-refractivity contribution in [2.24, 2.45) is 0 Å². The molecule has 0 aromatic heterocycles. The fourth-order valence-corrected chi connectivity index (χ4v) is 3.16. The predicted octanol–water partition coefficient (Wildman–Crippen LogP) is 2.79. The van der Waals surface area contributed by atoms with Gasteiger partial charge in [-0.05, 0) is 37.8 Å². The predicted molar refractivity (Wildman–Crippen MR) is 89.3 cm³/mol. The molecule has 0 spiro atoms. The zero-order valence-electron chi connectivity index (χ0n) is 13.2. The van der Waals surface area contributed by atoms with Gasteiger partial charge in [-0.25, -0.2) is 0 Å². The SMILES string of the molecule is Cc1ccccc1SCC(=O)NCCCOCC1CCCO1. The van der Waals surface area contributed by atoms with E-state index in [-0.39, 0.29) is 12.0 Å². The molecule has 4 nitrogen and oxygen atoms in total. The highest BCUT2D eigenvalue weighted by Crippen LogP contribution is 2.21. The molecule has 1 aromatic carbocycles. The Balaban J connectivity index is 1.48. The Morgan fingerprint density at radius 3 is 3.09 bits per heavy atom. The number of carbonyl (C=O) groups excluding carboxylic acids is 1. The summed E-state index contributed by atoms with van der Waals surface area (Å²) >= 11 is 1.58. The third-order valence-electron chi connectivity index (χ3n) is 3.57. The quantitative estimate of drug-likeness (QED) is 0.561. The Bertz CT molecular complexity index is 461. The smallest absolute Gasteiger partial charge is 0.230 e. The lowest BCUT2D eigenvalue weighted by molar-refractivity contribution is -0.118. The molecule has 1 fully saturated rings. The Labute approximate surface area is 137 Å². The minimum atomic E-state index is 0.0763. The summed E-state index contributed by atoms with van der Waals surface area (Å²) in [6.45, 7) is 4.94. The van der Waals surface area contributed by atoms with Crippen LogP contribution >= 0.6 is 11.8 Å². The van der Waals surface area contributed by atoms with Crippen LogP contribution in [0, 0.1) is 6.92 Å². The molecule has 0 radical (unpaired) electrons. The highest BCUT2D eigenvalue weighted by Gasteiger charge is 2.14.